The predicted molar refractivity (Wildman–Crippen MR) is 122 cm³/mol. The fraction of sp³-hybridized carbons (Fsp3) is 0.458. The van der Waals surface area contributed by atoms with Crippen LogP contribution in [0.2, 0.25) is 0 Å². The summed E-state index contributed by atoms with van der Waals surface area (Å²) in [6, 6.07) is 19.0. The quantitative estimate of drug-likeness (QED) is 0.700. The van der Waals surface area contributed by atoms with Crippen molar-refractivity contribution in [3.05, 3.63) is 65.2 Å². The van der Waals surface area contributed by atoms with Crippen LogP contribution >= 0.6 is 12.2 Å². The lowest BCUT2D eigenvalue weighted by Gasteiger charge is -2.49. The van der Waals surface area contributed by atoms with Gasteiger partial charge in [0.05, 0.1) is 0 Å². The lowest BCUT2D eigenvalue weighted by atomic mass is 9.81. The zero-order chi connectivity index (χ0) is 19.5. The Balaban J connectivity index is 1.37. The van der Waals surface area contributed by atoms with Gasteiger partial charge in [0.15, 0.2) is 5.11 Å². The Hall–Kier alpha value is -1.91. The average Bonchev–Trinajstić information content (AvgIpc) is 2.67. The number of nitrogens with zero attached hydrogens (tertiary/aromatic N) is 1. The normalized spacial score (nSPS) is 24.6. The van der Waals surface area contributed by atoms with E-state index in [9.17, 15) is 0 Å². The van der Waals surface area contributed by atoms with E-state index in [0.717, 1.165) is 17.3 Å². The van der Waals surface area contributed by atoms with Crippen LogP contribution in [0, 0.1) is 13.8 Å². The number of hydrogen-bond donors (Lipinski definition) is 2. The van der Waals surface area contributed by atoms with Gasteiger partial charge in [0, 0.05) is 30.4 Å². The van der Waals surface area contributed by atoms with E-state index in [4.69, 9.17) is 12.2 Å². The first-order valence-corrected chi connectivity index (χ1v) is 10.9. The number of anilines is 1. The second kappa shape index (κ2) is 8.62. The molecule has 0 spiro atoms. The topological polar surface area (TPSA) is 27.3 Å². The highest BCUT2D eigenvalue weighted by Crippen LogP contribution is 2.35. The van der Waals surface area contributed by atoms with Gasteiger partial charge in [-0.25, -0.2) is 0 Å². The van der Waals surface area contributed by atoms with Crippen molar-refractivity contribution in [3.8, 4) is 0 Å². The smallest absolute Gasteiger partial charge is 0.171 e. The molecule has 2 aliphatic rings. The van der Waals surface area contributed by atoms with Gasteiger partial charge in [-0.15, -0.1) is 0 Å². The third-order valence-electron chi connectivity index (χ3n) is 6.52. The van der Waals surface area contributed by atoms with Crippen molar-refractivity contribution in [3.63, 3.8) is 0 Å². The Morgan fingerprint density at radius 3 is 2.43 bits per heavy atom. The molecule has 2 N–H and O–H groups in total. The van der Waals surface area contributed by atoms with Crippen LogP contribution in [0.5, 0.6) is 0 Å². The first-order valence-electron chi connectivity index (χ1n) is 10.5. The summed E-state index contributed by atoms with van der Waals surface area (Å²) in [6.07, 6.45) is 6.33. The van der Waals surface area contributed by atoms with Crippen LogP contribution in [-0.2, 0) is 6.54 Å². The van der Waals surface area contributed by atoms with Gasteiger partial charge in [-0.05, 0) is 74.5 Å². The molecule has 2 saturated heterocycles. The first-order chi connectivity index (χ1) is 13.6. The van der Waals surface area contributed by atoms with Crippen LogP contribution in [0.1, 0.15) is 48.8 Å². The van der Waals surface area contributed by atoms with E-state index in [2.05, 4.69) is 77.9 Å². The maximum absolute atomic E-state index is 5.65. The fourth-order valence-electron chi connectivity index (χ4n) is 4.88. The van der Waals surface area contributed by atoms with E-state index in [0.29, 0.717) is 18.1 Å². The maximum Gasteiger partial charge on any atom is 0.171 e. The van der Waals surface area contributed by atoms with E-state index in [1.165, 1.54) is 48.8 Å². The molecule has 0 saturated carbocycles. The van der Waals surface area contributed by atoms with Crippen molar-refractivity contribution in [2.24, 2.45) is 0 Å². The number of hydrogen-bond acceptors (Lipinski definition) is 2. The summed E-state index contributed by atoms with van der Waals surface area (Å²) in [6.45, 7) is 5.36. The van der Waals surface area contributed by atoms with Crippen LogP contribution in [-0.4, -0.2) is 28.1 Å². The second-order valence-electron chi connectivity index (χ2n) is 8.41. The highest BCUT2D eigenvalue weighted by atomic mass is 32.1. The summed E-state index contributed by atoms with van der Waals surface area (Å²) >= 11 is 5.65. The molecule has 2 heterocycles. The third-order valence-corrected chi connectivity index (χ3v) is 6.74. The molecule has 4 rings (SSSR count). The number of aryl methyl sites for hydroxylation is 1. The van der Waals surface area contributed by atoms with Gasteiger partial charge in [-0.2, -0.15) is 0 Å². The second-order valence-corrected chi connectivity index (χ2v) is 8.82. The van der Waals surface area contributed by atoms with Gasteiger partial charge in [0.25, 0.3) is 0 Å². The lowest BCUT2D eigenvalue weighted by Crippen LogP contribution is -2.56. The molecular weight excluding hydrogens is 362 g/mol. The summed E-state index contributed by atoms with van der Waals surface area (Å²) < 4.78 is 0. The highest BCUT2D eigenvalue weighted by Gasteiger charge is 2.38. The molecule has 0 radical (unpaired) electrons. The van der Waals surface area contributed by atoms with Crippen molar-refractivity contribution >= 4 is 23.0 Å². The summed E-state index contributed by atoms with van der Waals surface area (Å²) in [5.41, 5.74) is 5.09. The molecule has 0 aliphatic carbocycles. The Morgan fingerprint density at radius 2 is 1.71 bits per heavy atom. The zero-order valence-electron chi connectivity index (χ0n) is 16.9. The molecule has 2 aliphatic heterocycles. The van der Waals surface area contributed by atoms with Crippen LogP contribution < -0.4 is 10.6 Å². The van der Waals surface area contributed by atoms with Crippen molar-refractivity contribution in [1.29, 1.82) is 0 Å². The molecule has 28 heavy (non-hydrogen) atoms. The Morgan fingerprint density at radius 1 is 1.00 bits per heavy atom. The van der Waals surface area contributed by atoms with Crippen molar-refractivity contribution < 1.29 is 0 Å². The SMILES string of the molecule is Cc1cccc(NC(=S)NC2C[C@H]3CCC[C@H](C2)N3Cc2ccccc2)c1C. The van der Waals surface area contributed by atoms with Gasteiger partial charge >= 0.3 is 0 Å². The summed E-state index contributed by atoms with van der Waals surface area (Å²) in [5, 5.41) is 7.80. The predicted octanol–water partition coefficient (Wildman–Crippen LogP) is 5.18. The zero-order valence-corrected chi connectivity index (χ0v) is 17.8. The van der Waals surface area contributed by atoms with Crippen molar-refractivity contribution in [1.82, 2.24) is 10.2 Å². The van der Waals surface area contributed by atoms with Crippen LogP contribution in [0.4, 0.5) is 5.69 Å². The average molecular weight is 394 g/mol. The molecule has 0 unspecified atom stereocenters. The molecule has 4 heteroatoms. The number of fused-ring (bicyclic) bond motifs is 2. The van der Waals surface area contributed by atoms with E-state index in [-0.39, 0.29) is 0 Å². The summed E-state index contributed by atoms with van der Waals surface area (Å²) in [5.74, 6) is 0. The largest absolute Gasteiger partial charge is 0.360 e. The maximum atomic E-state index is 5.65. The molecule has 0 amide bonds. The van der Waals surface area contributed by atoms with E-state index in [1.807, 2.05) is 0 Å². The molecule has 2 aromatic rings. The monoisotopic (exact) mass is 393 g/mol. The summed E-state index contributed by atoms with van der Waals surface area (Å²) in [4.78, 5) is 2.75. The molecular formula is C24H31N3S. The molecule has 148 valence electrons. The number of piperidine rings is 2. The summed E-state index contributed by atoms with van der Waals surface area (Å²) in [7, 11) is 0. The minimum absolute atomic E-state index is 0.465. The van der Waals surface area contributed by atoms with Gasteiger partial charge in [0.2, 0.25) is 0 Å². The number of nitrogens with one attached hydrogen (secondary N) is 2. The van der Waals surface area contributed by atoms with Gasteiger partial charge < -0.3 is 10.6 Å². The van der Waals surface area contributed by atoms with Gasteiger partial charge in [-0.3, -0.25) is 4.90 Å². The Kier molecular flexibility index (Phi) is 5.98. The first kappa shape index (κ1) is 19.4. The van der Waals surface area contributed by atoms with Crippen molar-refractivity contribution in [2.45, 2.75) is 70.6 Å². The van der Waals surface area contributed by atoms with Crippen LogP contribution in [0.25, 0.3) is 0 Å². The number of rotatable bonds is 4. The van der Waals surface area contributed by atoms with E-state index >= 15 is 0 Å². The lowest BCUT2D eigenvalue weighted by molar-refractivity contribution is 0.0212. The molecule has 2 fully saturated rings. The minimum atomic E-state index is 0.465. The highest BCUT2D eigenvalue weighted by molar-refractivity contribution is 7.80. The number of thiocarbonyl (C=S) groups is 1. The van der Waals surface area contributed by atoms with Gasteiger partial charge in [0.1, 0.15) is 0 Å². The minimum Gasteiger partial charge on any atom is -0.360 e. The third kappa shape index (κ3) is 4.39. The molecule has 2 atom stereocenters. The van der Waals surface area contributed by atoms with Crippen LogP contribution in [0.15, 0.2) is 48.5 Å². The molecule has 2 aromatic carbocycles. The van der Waals surface area contributed by atoms with Crippen molar-refractivity contribution in [2.75, 3.05) is 5.32 Å². The van der Waals surface area contributed by atoms with Crippen LogP contribution in [0.3, 0.4) is 0 Å². The Labute approximate surface area is 174 Å². The van der Waals surface area contributed by atoms with Gasteiger partial charge in [-0.1, -0.05) is 48.9 Å². The molecule has 0 aromatic heterocycles. The fourth-order valence-corrected chi connectivity index (χ4v) is 5.16. The standard InChI is InChI=1S/C24H31N3S/c1-17-8-6-13-23(18(17)2)26-24(28)25-20-14-21-11-7-12-22(15-20)27(21)16-19-9-4-3-5-10-19/h3-6,8-10,13,20-22H,7,11-12,14-16H2,1-2H3,(H2,25,26,28)/t21-,22-/m1/s1. The molecule has 3 nitrogen and oxygen atoms in total. The Bertz CT molecular complexity index is 806. The number of benzene rings is 2. The molecule has 2 bridgehead atoms. The van der Waals surface area contributed by atoms with E-state index < -0.39 is 0 Å². The van der Waals surface area contributed by atoms with E-state index in [1.54, 1.807) is 0 Å².